The molecule has 0 aliphatic carbocycles. The van der Waals surface area contributed by atoms with Crippen LogP contribution in [-0.2, 0) is 32.7 Å². The Hall–Kier alpha value is -2.82. The van der Waals surface area contributed by atoms with E-state index in [9.17, 15) is 5.26 Å². The molecular formula is C26H28FNO3Si. The molecular weight excluding hydrogens is 421 g/mol. The minimum Gasteiger partial charge on any atom is -0.393 e. The van der Waals surface area contributed by atoms with Gasteiger partial charge < -0.3 is 13.9 Å². The number of rotatable bonds is 10. The third-order valence-electron chi connectivity index (χ3n) is 4.73. The zero-order valence-corrected chi connectivity index (χ0v) is 19.6. The molecule has 166 valence electrons. The van der Waals surface area contributed by atoms with Crippen LogP contribution in [0.5, 0.6) is 0 Å². The quantitative estimate of drug-likeness (QED) is 0.275. The van der Waals surface area contributed by atoms with Crippen LogP contribution >= 0.6 is 0 Å². The largest absolute Gasteiger partial charge is 0.393 e. The van der Waals surface area contributed by atoms with Gasteiger partial charge in [-0.25, -0.2) is 4.39 Å². The van der Waals surface area contributed by atoms with Gasteiger partial charge in [-0.2, -0.15) is 5.26 Å². The van der Waals surface area contributed by atoms with Crippen molar-refractivity contribution in [2.45, 2.75) is 44.7 Å². The van der Waals surface area contributed by atoms with Crippen molar-refractivity contribution in [1.82, 2.24) is 0 Å². The topological polar surface area (TPSA) is 51.5 Å². The average Bonchev–Trinajstić information content (AvgIpc) is 2.79. The molecule has 32 heavy (non-hydrogen) atoms. The van der Waals surface area contributed by atoms with Gasteiger partial charge in [0.1, 0.15) is 11.9 Å². The van der Waals surface area contributed by atoms with Crippen molar-refractivity contribution in [3.63, 3.8) is 0 Å². The van der Waals surface area contributed by atoms with Crippen LogP contribution in [0.15, 0.2) is 84.9 Å². The molecule has 3 aromatic carbocycles. The molecule has 0 aliphatic rings. The van der Waals surface area contributed by atoms with Gasteiger partial charge in [-0.1, -0.05) is 78.9 Å². The van der Waals surface area contributed by atoms with E-state index in [0.29, 0.717) is 0 Å². The highest BCUT2D eigenvalue weighted by Gasteiger charge is 2.49. The summed E-state index contributed by atoms with van der Waals surface area (Å²) < 4.78 is 33.7. The summed E-state index contributed by atoms with van der Waals surface area (Å²) in [5, 5.41) is 10.4. The van der Waals surface area contributed by atoms with Crippen molar-refractivity contribution in [1.29, 1.82) is 5.26 Å². The van der Waals surface area contributed by atoms with Gasteiger partial charge in [0.2, 0.25) is 11.9 Å². The number of hydrogen-bond donors (Lipinski definition) is 0. The summed E-state index contributed by atoms with van der Waals surface area (Å²) in [5.74, 6) is -0.538. The van der Waals surface area contributed by atoms with Gasteiger partial charge >= 0.3 is 0 Å². The minimum atomic E-state index is -2.35. The normalized spacial score (nSPS) is 13.5. The Morgan fingerprint density at radius 2 is 1.28 bits per heavy atom. The molecule has 0 radical (unpaired) electrons. The second-order valence-corrected chi connectivity index (χ2v) is 12.9. The fourth-order valence-corrected chi connectivity index (χ4v) is 4.60. The van der Waals surface area contributed by atoms with E-state index >= 15 is 4.39 Å². The maximum absolute atomic E-state index is 15.0. The standard InChI is InChI=1S/C26H28FNO3Si/c1-32(2,3)31-26(20-28,23-16-10-11-17-24(23)27)25(29-18-21-12-6-4-7-13-21)30-19-22-14-8-5-9-15-22/h4-17,25H,18-19H2,1-3H3. The van der Waals surface area contributed by atoms with Gasteiger partial charge in [0.15, 0.2) is 8.32 Å². The number of benzene rings is 3. The van der Waals surface area contributed by atoms with Gasteiger partial charge in [-0.05, 0) is 36.8 Å². The first-order valence-electron chi connectivity index (χ1n) is 10.5. The molecule has 0 saturated carbocycles. The third kappa shape index (κ3) is 6.12. The maximum Gasteiger partial charge on any atom is 0.224 e. The van der Waals surface area contributed by atoms with Crippen molar-refractivity contribution < 1.29 is 18.3 Å². The van der Waals surface area contributed by atoms with E-state index in [0.717, 1.165) is 11.1 Å². The highest BCUT2D eigenvalue weighted by molar-refractivity contribution is 6.69. The lowest BCUT2D eigenvalue weighted by Crippen LogP contribution is -2.50. The number of nitriles is 1. The molecule has 1 atom stereocenters. The summed E-state index contributed by atoms with van der Waals surface area (Å²) in [5.41, 5.74) is 0.166. The predicted molar refractivity (Wildman–Crippen MR) is 124 cm³/mol. The van der Waals surface area contributed by atoms with E-state index in [4.69, 9.17) is 13.9 Å². The van der Waals surface area contributed by atoms with Crippen molar-refractivity contribution in [2.24, 2.45) is 0 Å². The molecule has 4 nitrogen and oxygen atoms in total. The Morgan fingerprint density at radius 1 is 0.812 bits per heavy atom. The first-order chi connectivity index (χ1) is 15.3. The molecule has 0 bridgehead atoms. The highest BCUT2D eigenvalue weighted by Crippen LogP contribution is 2.37. The van der Waals surface area contributed by atoms with E-state index < -0.39 is 26.0 Å². The van der Waals surface area contributed by atoms with Gasteiger partial charge in [0, 0.05) is 5.56 Å². The van der Waals surface area contributed by atoms with Crippen LogP contribution < -0.4 is 0 Å². The van der Waals surface area contributed by atoms with Crippen molar-refractivity contribution in [2.75, 3.05) is 0 Å². The molecule has 6 heteroatoms. The SMILES string of the molecule is C[Si](C)(C)OC(C#N)(c1ccccc1F)C(OCc1ccccc1)OCc1ccccc1. The summed E-state index contributed by atoms with van der Waals surface area (Å²) in [6, 6.07) is 27.5. The predicted octanol–water partition coefficient (Wildman–Crippen LogP) is 6.16. The highest BCUT2D eigenvalue weighted by atomic mass is 28.4. The Balaban J connectivity index is 2.02. The lowest BCUT2D eigenvalue weighted by Gasteiger charge is -2.39. The van der Waals surface area contributed by atoms with Gasteiger partial charge in [0.05, 0.1) is 13.2 Å². The summed E-state index contributed by atoms with van der Waals surface area (Å²) in [7, 11) is -2.35. The third-order valence-corrected chi connectivity index (χ3v) is 5.66. The molecule has 0 fully saturated rings. The van der Waals surface area contributed by atoms with Gasteiger partial charge in [-0.3, -0.25) is 0 Å². The molecule has 0 aliphatic heterocycles. The number of nitrogens with zero attached hydrogens (tertiary/aromatic N) is 1. The summed E-state index contributed by atoms with van der Waals surface area (Å²) in [6.07, 6.45) is -1.16. The van der Waals surface area contributed by atoms with E-state index in [-0.39, 0.29) is 18.8 Å². The minimum absolute atomic E-state index is 0.107. The van der Waals surface area contributed by atoms with Crippen LogP contribution in [0.4, 0.5) is 4.39 Å². The Labute approximate surface area is 190 Å². The van der Waals surface area contributed by atoms with Crippen LogP contribution in [-0.4, -0.2) is 14.6 Å². The molecule has 0 N–H and O–H groups in total. The molecule has 0 saturated heterocycles. The fourth-order valence-electron chi connectivity index (χ4n) is 3.39. The molecule has 0 spiro atoms. The number of ether oxygens (including phenoxy) is 2. The van der Waals surface area contributed by atoms with E-state index in [2.05, 4.69) is 6.07 Å². The van der Waals surface area contributed by atoms with Crippen LogP contribution in [0.2, 0.25) is 19.6 Å². The second-order valence-electron chi connectivity index (χ2n) is 8.47. The first kappa shape index (κ1) is 23.8. The van der Waals surface area contributed by atoms with E-state index in [1.165, 1.54) is 6.07 Å². The van der Waals surface area contributed by atoms with Crippen molar-refractivity contribution in [3.8, 4) is 6.07 Å². The van der Waals surface area contributed by atoms with E-state index in [1.54, 1.807) is 18.2 Å². The first-order valence-corrected chi connectivity index (χ1v) is 13.9. The molecule has 0 heterocycles. The zero-order chi connectivity index (χ0) is 23.0. The molecule has 1 unspecified atom stereocenters. The van der Waals surface area contributed by atoms with Crippen LogP contribution in [0.3, 0.4) is 0 Å². The van der Waals surface area contributed by atoms with Crippen LogP contribution in [0, 0.1) is 17.1 Å². The zero-order valence-electron chi connectivity index (χ0n) is 18.6. The van der Waals surface area contributed by atoms with Crippen LogP contribution in [0.25, 0.3) is 0 Å². The molecule has 0 aromatic heterocycles. The lowest BCUT2D eigenvalue weighted by molar-refractivity contribution is -0.229. The van der Waals surface area contributed by atoms with Crippen molar-refractivity contribution >= 4 is 8.32 Å². The summed E-state index contributed by atoms with van der Waals surface area (Å²) in [6.45, 7) is 6.22. The number of halogens is 1. The summed E-state index contributed by atoms with van der Waals surface area (Å²) >= 11 is 0. The van der Waals surface area contributed by atoms with E-state index in [1.807, 2.05) is 80.3 Å². The molecule has 0 amide bonds. The average molecular weight is 450 g/mol. The Morgan fingerprint density at radius 3 is 1.72 bits per heavy atom. The lowest BCUT2D eigenvalue weighted by atomic mass is 9.94. The smallest absolute Gasteiger partial charge is 0.224 e. The Kier molecular flexibility index (Phi) is 7.94. The number of hydrogen-bond acceptors (Lipinski definition) is 4. The van der Waals surface area contributed by atoms with Gasteiger partial charge in [-0.15, -0.1) is 0 Å². The van der Waals surface area contributed by atoms with Crippen molar-refractivity contribution in [3.05, 3.63) is 107 Å². The molecule has 3 rings (SSSR count). The second kappa shape index (κ2) is 10.7. The summed E-state index contributed by atoms with van der Waals surface area (Å²) in [4.78, 5) is 0. The van der Waals surface area contributed by atoms with Gasteiger partial charge in [0.25, 0.3) is 0 Å². The van der Waals surface area contributed by atoms with Crippen LogP contribution in [0.1, 0.15) is 16.7 Å². The fraction of sp³-hybridized carbons (Fsp3) is 0.269. The maximum atomic E-state index is 15.0. The Bertz CT molecular complexity index is 991. The monoisotopic (exact) mass is 449 g/mol. The molecule has 3 aromatic rings.